The maximum absolute atomic E-state index is 10.9. The van der Waals surface area contributed by atoms with Crippen LogP contribution in [0, 0.1) is 0 Å². The van der Waals surface area contributed by atoms with Gasteiger partial charge < -0.3 is 4.74 Å². The highest BCUT2D eigenvalue weighted by Crippen LogP contribution is 2.24. The summed E-state index contributed by atoms with van der Waals surface area (Å²) in [6.07, 6.45) is -0.531. The van der Waals surface area contributed by atoms with Crippen molar-refractivity contribution in [2.45, 2.75) is 6.92 Å². The van der Waals surface area contributed by atoms with Crippen molar-refractivity contribution in [3.8, 4) is 0 Å². The molecule has 82 valence electrons. The zero-order valence-electron chi connectivity index (χ0n) is 8.01. The molecule has 0 aliphatic heterocycles. The lowest BCUT2D eigenvalue weighted by Gasteiger charge is -2.08. The summed E-state index contributed by atoms with van der Waals surface area (Å²) in [4.78, 5) is 10.9. The molecule has 0 saturated carbocycles. The van der Waals surface area contributed by atoms with Crippen molar-refractivity contribution in [3.05, 3.63) is 27.7 Å². The van der Waals surface area contributed by atoms with E-state index in [-0.39, 0.29) is 0 Å². The van der Waals surface area contributed by atoms with E-state index in [0.29, 0.717) is 17.3 Å². The first-order valence-electron chi connectivity index (χ1n) is 4.27. The summed E-state index contributed by atoms with van der Waals surface area (Å²) in [5.41, 5.74) is 5.71. The Balaban J connectivity index is 2.51. The van der Waals surface area contributed by atoms with Crippen LogP contribution in [0.25, 0.3) is 0 Å². The molecule has 1 aromatic rings. The van der Waals surface area contributed by atoms with Crippen LogP contribution in [0.1, 0.15) is 6.92 Å². The molecule has 2 N–H and O–H groups in total. The fourth-order valence-electron chi connectivity index (χ4n) is 0.864. The molecule has 0 radical (unpaired) electrons. The van der Waals surface area contributed by atoms with E-state index in [1.54, 1.807) is 25.1 Å². The summed E-state index contributed by atoms with van der Waals surface area (Å²) in [6, 6.07) is 5.22. The maximum Gasteiger partial charge on any atom is 0.425 e. The number of hydrazine groups is 1. The molecule has 0 aliphatic rings. The van der Waals surface area contributed by atoms with E-state index in [4.69, 9.17) is 11.6 Å². The van der Waals surface area contributed by atoms with Crippen LogP contribution >= 0.6 is 27.5 Å². The third-order valence-corrected chi connectivity index (χ3v) is 2.74. The number of carbonyl (C=O) groups is 1. The zero-order valence-corrected chi connectivity index (χ0v) is 10.4. The summed E-state index contributed by atoms with van der Waals surface area (Å²) in [5, 5.41) is 0.561. The number of nitrogens with one attached hydrogen (secondary N) is 2. The Kier molecular flexibility index (Phi) is 4.71. The first kappa shape index (κ1) is 12.1. The molecule has 1 rings (SSSR count). The van der Waals surface area contributed by atoms with Crippen LogP contribution < -0.4 is 10.9 Å². The predicted octanol–water partition coefficient (Wildman–Crippen LogP) is 3.18. The molecule has 0 aromatic heterocycles. The van der Waals surface area contributed by atoms with E-state index >= 15 is 0 Å². The van der Waals surface area contributed by atoms with Gasteiger partial charge in [0.05, 0.1) is 17.3 Å². The monoisotopic (exact) mass is 292 g/mol. The van der Waals surface area contributed by atoms with Gasteiger partial charge in [-0.25, -0.2) is 10.2 Å². The second kappa shape index (κ2) is 5.82. The third kappa shape index (κ3) is 3.97. The Hall–Kier alpha value is -0.940. The number of hydrogen-bond donors (Lipinski definition) is 2. The van der Waals surface area contributed by atoms with Crippen LogP contribution in [-0.4, -0.2) is 12.7 Å². The summed E-state index contributed by atoms with van der Waals surface area (Å²) in [7, 11) is 0. The van der Waals surface area contributed by atoms with Crippen molar-refractivity contribution < 1.29 is 9.53 Å². The normalized spacial score (nSPS) is 9.53. The molecule has 0 fully saturated rings. The SMILES string of the molecule is CCOC(=O)NNc1ccc(Br)c(Cl)c1. The molecule has 0 atom stereocenters. The van der Waals surface area contributed by atoms with E-state index < -0.39 is 6.09 Å². The van der Waals surface area contributed by atoms with Gasteiger partial charge in [-0.15, -0.1) is 0 Å². The van der Waals surface area contributed by atoms with E-state index in [2.05, 4.69) is 31.5 Å². The summed E-state index contributed by atoms with van der Waals surface area (Å²) in [5.74, 6) is 0. The van der Waals surface area contributed by atoms with Crippen molar-refractivity contribution in [2.24, 2.45) is 0 Å². The van der Waals surface area contributed by atoms with Crippen molar-refractivity contribution in [3.63, 3.8) is 0 Å². The van der Waals surface area contributed by atoms with Crippen molar-refractivity contribution in [1.82, 2.24) is 5.43 Å². The van der Waals surface area contributed by atoms with Gasteiger partial charge in [0.1, 0.15) is 0 Å². The van der Waals surface area contributed by atoms with Crippen LogP contribution in [0.2, 0.25) is 5.02 Å². The van der Waals surface area contributed by atoms with Gasteiger partial charge in [-0.1, -0.05) is 11.6 Å². The minimum atomic E-state index is -0.531. The van der Waals surface area contributed by atoms with Gasteiger partial charge in [0, 0.05) is 4.47 Å². The fourth-order valence-corrected chi connectivity index (χ4v) is 1.29. The molecule has 1 aromatic carbocycles. The van der Waals surface area contributed by atoms with E-state index in [1.165, 1.54) is 0 Å². The molecule has 0 bridgehead atoms. The molecular weight excluding hydrogens is 283 g/mol. The minimum absolute atomic E-state index is 0.328. The van der Waals surface area contributed by atoms with E-state index in [0.717, 1.165) is 4.47 Å². The topological polar surface area (TPSA) is 50.4 Å². The number of anilines is 1. The highest BCUT2D eigenvalue weighted by molar-refractivity contribution is 9.10. The summed E-state index contributed by atoms with van der Waals surface area (Å²) in [6.45, 7) is 2.06. The highest BCUT2D eigenvalue weighted by atomic mass is 79.9. The molecule has 1 amide bonds. The number of carbonyl (C=O) groups excluding carboxylic acids is 1. The average Bonchev–Trinajstić information content (AvgIpc) is 2.20. The second-order valence-electron chi connectivity index (χ2n) is 2.60. The minimum Gasteiger partial charge on any atom is -0.449 e. The lowest BCUT2D eigenvalue weighted by Crippen LogP contribution is -2.29. The largest absolute Gasteiger partial charge is 0.449 e. The number of benzene rings is 1. The number of hydrogen-bond acceptors (Lipinski definition) is 3. The van der Waals surface area contributed by atoms with Crippen LogP contribution in [-0.2, 0) is 4.74 Å². The first-order chi connectivity index (χ1) is 7.13. The van der Waals surface area contributed by atoms with Crippen molar-refractivity contribution in [1.29, 1.82) is 0 Å². The molecule has 0 aliphatic carbocycles. The van der Waals surface area contributed by atoms with Crippen molar-refractivity contribution in [2.75, 3.05) is 12.0 Å². The van der Waals surface area contributed by atoms with Crippen LogP contribution in [0.4, 0.5) is 10.5 Å². The Bertz CT molecular complexity index is 360. The molecule has 4 nitrogen and oxygen atoms in total. The summed E-state index contributed by atoms with van der Waals surface area (Å²) < 4.78 is 5.46. The molecule has 0 unspecified atom stereocenters. The Labute approximate surface area is 101 Å². The van der Waals surface area contributed by atoms with Gasteiger partial charge in [-0.3, -0.25) is 5.43 Å². The predicted molar refractivity (Wildman–Crippen MR) is 62.9 cm³/mol. The highest BCUT2D eigenvalue weighted by Gasteiger charge is 2.01. The molecule has 0 heterocycles. The lowest BCUT2D eigenvalue weighted by molar-refractivity contribution is 0.154. The fraction of sp³-hybridized carbons (Fsp3) is 0.222. The van der Waals surface area contributed by atoms with E-state index in [9.17, 15) is 4.79 Å². The van der Waals surface area contributed by atoms with Gasteiger partial charge in [-0.05, 0) is 41.1 Å². The number of halogens is 2. The molecular formula is C9H10BrClN2O2. The number of rotatable bonds is 3. The Morgan fingerprint density at radius 3 is 2.93 bits per heavy atom. The first-order valence-corrected chi connectivity index (χ1v) is 5.44. The van der Waals surface area contributed by atoms with Crippen LogP contribution in [0.15, 0.2) is 22.7 Å². The second-order valence-corrected chi connectivity index (χ2v) is 3.86. The zero-order chi connectivity index (χ0) is 11.3. The maximum atomic E-state index is 10.9. The van der Waals surface area contributed by atoms with E-state index in [1.807, 2.05) is 0 Å². The molecule has 0 spiro atoms. The Morgan fingerprint density at radius 1 is 1.60 bits per heavy atom. The lowest BCUT2D eigenvalue weighted by atomic mass is 10.3. The van der Waals surface area contributed by atoms with Crippen molar-refractivity contribution >= 4 is 39.3 Å². The summed E-state index contributed by atoms with van der Waals surface area (Å²) >= 11 is 9.12. The molecule has 15 heavy (non-hydrogen) atoms. The van der Waals surface area contributed by atoms with Crippen LogP contribution in [0.3, 0.4) is 0 Å². The number of ether oxygens (including phenoxy) is 1. The van der Waals surface area contributed by atoms with Crippen LogP contribution in [0.5, 0.6) is 0 Å². The average molecular weight is 294 g/mol. The molecule has 0 saturated heterocycles. The van der Waals surface area contributed by atoms with Gasteiger partial charge in [0.25, 0.3) is 0 Å². The molecule has 6 heteroatoms. The quantitative estimate of drug-likeness (QED) is 0.842. The number of amides is 1. The Morgan fingerprint density at radius 2 is 2.33 bits per heavy atom. The van der Waals surface area contributed by atoms with Gasteiger partial charge in [-0.2, -0.15) is 0 Å². The third-order valence-electron chi connectivity index (χ3n) is 1.50. The van der Waals surface area contributed by atoms with Gasteiger partial charge >= 0.3 is 6.09 Å². The standard InChI is InChI=1S/C9H10BrClN2O2/c1-2-15-9(14)13-12-6-3-4-7(10)8(11)5-6/h3-5,12H,2H2,1H3,(H,13,14). The smallest absolute Gasteiger partial charge is 0.425 e. The van der Waals surface area contributed by atoms with Gasteiger partial charge in [0.2, 0.25) is 0 Å². The van der Waals surface area contributed by atoms with Gasteiger partial charge in [0.15, 0.2) is 0 Å².